The Balaban J connectivity index is 1.61. The van der Waals surface area contributed by atoms with Crippen LogP contribution in [0.5, 0.6) is 0 Å². The van der Waals surface area contributed by atoms with Crippen molar-refractivity contribution < 1.29 is 19.1 Å². The lowest BCUT2D eigenvalue weighted by Gasteiger charge is -2.34. The number of nitrogens with two attached hydrogens (primary N) is 1. The second-order valence-corrected chi connectivity index (χ2v) is 8.89. The highest BCUT2D eigenvalue weighted by atomic mass is 79.9. The van der Waals surface area contributed by atoms with E-state index in [1.54, 1.807) is 12.0 Å². The predicted octanol–water partition coefficient (Wildman–Crippen LogP) is 2.97. The summed E-state index contributed by atoms with van der Waals surface area (Å²) >= 11 is 3.54. The van der Waals surface area contributed by atoms with Gasteiger partial charge in [-0.05, 0) is 26.0 Å². The average molecular weight is 490 g/mol. The number of hydrogen-bond acceptors (Lipinski definition) is 8. The van der Waals surface area contributed by atoms with Crippen LogP contribution in [-0.4, -0.2) is 66.2 Å². The molecule has 4 rings (SSSR count). The van der Waals surface area contributed by atoms with Crippen LogP contribution in [0.4, 0.5) is 10.6 Å². The van der Waals surface area contributed by atoms with Crippen LogP contribution in [-0.2, 0) is 19.7 Å². The second kappa shape index (κ2) is 8.43. The third-order valence-electron chi connectivity index (χ3n) is 5.52. The first-order chi connectivity index (χ1) is 14.8. The molecule has 1 amide bonds. The number of halogens is 1. The Morgan fingerprint density at radius 2 is 2.16 bits per heavy atom. The fraction of sp³-hybridized carbons (Fsp3) is 0.429. The van der Waals surface area contributed by atoms with Gasteiger partial charge in [0.05, 0.1) is 24.6 Å². The molecule has 0 radical (unpaired) electrons. The molecule has 2 N–H and O–H groups in total. The van der Waals surface area contributed by atoms with Gasteiger partial charge in [-0.3, -0.25) is 0 Å². The van der Waals surface area contributed by atoms with Crippen LogP contribution >= 0.6 is 15.9 Å². The Labute approximate surface area is 188 Å². The lowest BCUT2D eigenvalue weighted by molar-refractivity contribution is 0.0486. The number of methoxy groups -OCH3 is 1. The molecule has 0 unspecified atom stereocenters. The molecule has 10 heteroatoms. The molecule has 1 fully saturated rings. The van der Waals surface area contributed by atoms with Crippen LogP contribution in [0.2, 0.25) is 0 Å². The van der Waals surface area contributed by atoms with E-state index in [-0.39, 0.29) is 12.7 Å². The molecule has 0 spiro atoms. The first-order valence-electron chi connectivity index (χ1n) is 9.89. The molecule has 1 atom stereocenters. The third kappa shape index (κ3) is 3.97. The number of rotatable bonds is 6. The summed E-state index contributed by atoms with van der Waals surface area (Å²) in [5.41, 5.74) is 9.76. The minimum absolute atomic E-state index is 0.145. The Bertz CT molecular complexity index is 1040. The molecule has 0 saturated carbocycles. The van der Waals surface area contributed by atoms with Gasteiger partial charge in [0, 0.05) is 40.2 Å². The van der Waals surface area contributed by atoms with Crippen molar-refractivity contribution in [1.29, 1.82) is 0 Å². The zero-order valence-electron chi connectivity index (χ0n) is 17.6. The van der Waals surface area contributed by atoms with Crippen LogP contribution in [0.25, 0.3) is 11.3 Å². The number of hydrogen-bond donors (Lipinski definition) is 1. The van der Waals surface area contributed by atoms with Crippen molar-refractivity contribution in [2.24, 2.45) is 5.16 Å². The van der Waals surface area contributed by atoms with Crippen molar-refractivity contribution in [3.8, 4) is 11.3 Å². The van der Waals surface area contributed by atoms with Crippen molar-refractivity contribution in [1.82, 2.24) is 14.9 Å². The highest BCUT2D eigenvalue weighted by Crippen LogP contribution is 2.44. The number of amides is 1. The Hall–Kier alpha value is -2.72. The van der Waals surface area contributed by atoms with Crippen LogP contribution in [0.1, 0.15) is 25.0 Å². The van der Waals surface area contributed by atoms with Crippen LogP contribution in [0.15, 0.2) is 34.2 Å². The number of nitrogens with zero attached hydrogens (tertiary/aromatic N) is 4. The molecule has 2 aromatic rings. The normalized spacial score (nSPS) is 20.4. The van der Waals surface area contributed by atoms with Crippen LogP contribution in [0, 0.1) is 0 Å². The first-order valence-corrected chi connectivity index (χ1v) is 10.7. The van der Waals surface area contributed by atoms with Gasteiger partial charge in [-0.2, -0.15) is 0 Å². The zero-order chi connectivity index (χ0) is 22.2. The van der Waals surface area contributed by atoms with E-state index in [0.29, 0.717) is 31.2 Å². The van der Waals surface area contributed by atoms with Gasteiger partial charge in [-0.25, -0.2) is 14.8 Å². The van der Waals surface area contributed by atoms with Crippen LogP contribution in [0.3, 0.4) is 0 Å². The molecule has 2 aliphatic rings. The number of anilines is 1. The van der Waals surface area contributed by atoms with Gasteiger partial charge in [-0.15, -0.1) is 0 Å². The highest BCUT2D eigenvalue weighted by molar-refractivity contribution is 9.10. The van der Waals surface area contributed by atoms with E-state index in [4.69, 9.17) is 20.0 Å². The summed E-state index contributed by atoms with van der Waals surface area (Å²) in [6, 6.07) is 5.91. The number of benzene rings is 1. The topological polar surface area (TPSA) is 112 Å². The maximum atomic E-state index is 12.0. The van der Waals surface area contributed by atoms with Crippen molar-refractivity contribution in [2.45, 2.75) is 25.4 Å². The van der Waals surface area contributed by atoms with Gasteiger partial charge in [0.15, 0.2) is 12.7 Å². The summed E-state index contributed by atoms with van der Waals surface area (Å²) in [4.78, 5) is 27.9. The van der Waals surface area contributed by atoms with Gasteiger partial charge in [0.2, 0.25) is 0 Å². The molecule has 0 bridgehead atoms. The molecule has 1 aromatic heterocycles. The van der Waals surface area contributed by atoms with E-state index in [0.717, 1.165) is 26.9 Å². The Morgan fingerprint density at radius 3 is 2.94 bits per heavy atom. The largest absolute Gasteiger partial charge is 0.440 e. The summed E-state index contributed by atoms with van der Waals surface area (Å²) in [6.07, 6.45) is 0.700. The number of nitrogen functional groups attached to an aromatic ring is 1. The van der Waals surface area contributed by atoms with E-state index in [9.17, 15) is 4.79 Å². The van der Waals surface area contributed by atoms with Gasteiger partial charge >= 0.3 is 6.09 Å². The summed E-state index contributed by atoms with van der Waals surface area (Å²) in [6.45, 7) is 5.53. The minimum Gasteiger partial charge on any atom is -0.440 e. The fourth-order valence-electron chi connectivity index (χ4n) is 3.99. The zero-order valence-corrected chi connectivity index (χ0v) is 19.2. The summed E-state index contributed by atoms with van der Waals surface area (Å²) in [5.74, 6) is 0.412. The Morgan fingerprint density at radius 1 is 1.35 bits per heavy atom. The summed E-state index contributed by atoms with van der Waals surface area (Å²) < 4.78 is 11.3. The lowest BCUT2D eigenvalue weighted by atomic mass is 9.70. The molecular weight excluding hydrogens is 466 g/mol. The number of oxime groups is 1. The Kier molecular flexibility index (Phi) is 5.85. The summed E-state index contributed by atoms with van der Waals surface area (Å²) in [5, 5.41) is 4.48. The van der Waals surface area contributed by atoms with Crippen molar-refractivity contribution in [3.05, 3.63) is 40.1 Å². The van der Waals surface area contributed by atoms with E-state index < -0.39 is 11.5 Å². The molecule has 2 heterocycles. The minimum atomic E-state index is -0.592. The van der Waals surface area contributed by atoms with Crippen molar-refractivity contribution >= 4 is 33.6 Å². The molecule has 1 aliphatic carbocycles. The molecular formula is C21H24BrN5O4. The molecule has 1 aromatic carbocycles. The molecule has 1 saturated heterocycles. The van der Waals surface area contributed by atoms with Crippen molar-refractivity contribution in [2.75, 3.05) is 39.1 Å². The lowest BCUT2D eigenvalue weighted by Crippen LogP contribution is -2.36. The third-order valence-corrected chi connectivity index (χ3v) is 6.01. The number of aromatic nitrogens is 2. The molecule has 9 nitrogen and oxygen atoms in total. The number of fused-ring (bicyclic) bond motifs is 3. The fourth-order valence-corrected chi connectivity index (χ4v) is 4.35. The molecule has 164 valence electrons. The first kappa shape index (κ1) is 21.5. The smallest absolute Gasteiger partial charge is 0.410 e. The van der Waals surface area contributed by atoms with Crippen molar-refractivity contribution in [3.63, 3.8) is 0 Å². The second-order valence-electron chi connectivity index (χ2n) is 7.98. The average Bonchev–Trinajstić information content (AvgIpc) is 3.07. The van der Waals surface area contributed by atoms with E-state index in [1.165, 1.54) is 6.33 Å². The standard InChI is InChI=1S/C21H24BrN5O4/c1-21(2)16-17(24-11-25-19(16)23)14-5-4-12(22)8-15(14)18(21)26-30-10-13-9-27(6-7-29-3)20(28)31-13/h4-5,8,11,13H,6-7,9-10H2,1-3H3,(H2,23,24,25)/b26-18+/t13-/m0/s1. The monoisotopic (exact) mass is 489 g/mol. The van der Waals surface area contributed by atoms with E-state index >= 15 is 0 Å². The number of cyclic esters (lactones) is 1. The number of carbonyl (C=O) groups is 1. The van der Waals surface area contributed by atoms with Gasteiger partial charge in [-0.1, -0.05) is 27.2 Å². The number of ether oxygens (including phenoxy) is 2. The van der Waals surface area contributed by atoms with Crippen LogP contribution < -0.4 is 5.73 Å². The van der Waals surface area contributed by atoms with Gasteiger partial charge < -0.3 is 24.9 Å². The SMILES string of the molecule is COCCN1C[C@@H](CO/N=C2\c3cc(Br)ccc3-c3ncnc(N)c3C2(C)C)OC1=O. The predicted molar refractivity (Wildman–Crippen MR) is 119 cm³/mol. The van der Waals surface area contributed by atoms with Gasteiger partial charge in [0.1, 0.15) is 12.1 Å². The van der Waals surface area contributed by atoms with E-state index in [2.05, 4.69) is 31.1 Å². The highest BCUT2D eigenvalue weighted by Gasteiger charge is 2.41. The maximum Gasteiger partial charge on any atom is 0.410 e. The van der Waals surface area contributed by atoms with E-state index in [1.807, 2.05) is 32.0 Å². The quantitative estimate of drug-likeness (QED) is 0.620. The molecule has 1 aliphatic heterocycles. The number of carbonyl (C=O) groups excluding carboxylic acids is 1. The molecule has 31 heavy (non-hydrogen) atoms. The summed E-state index contributed by atoms with van der Waals surface area (Å²) in [7, 11) is 1.59. The van der Waals surface area contributed by atoms with Gasteiger partial charge in [0.25, 0.3) is 0 Å². The maximum absolute atomic E-state index is 12.0.